The summed E-state index contributed by atoms with van der Waals surface area (Å²) in [6, 6.07) is 0.708. The lowest BCUT2D eigenvalue weighted by Gasteiger charge is -2.18. The van der Waals surface area contributed by atoms with E-state index in [1.54, 1.807) is 0 Å². The number of halogens is 3. The van der Waals surface area contributed by atoms with Crippen LogP contribution in [0.2, 0.25) is 0 Å². The Kier molecular flexibility index (Phi) is 5.09. The molecule has 1 N–H and O–H groups in total. The van der Waals surface area contributed by atoms with Crippen LogP contribution >= 0.6 is 0 Å². The molecule has 0 spiro atoms. The predicted octanol–water partition coefficient (Wildman–Crippen LogP) is 1.76. The van der Waals surface area contributed by atoms with Gasteiger partial charge >= 0.3 is 18.2 Å². The minimum atomic E-state index is -4.43. The van der Waals surface area contributed by atoms with Crippen molar-refractivity contribution >= 4 is 17.9 Å². The number of amides is 3. The van der Waals surface area contributed by atoms with Crippen molar-refractivity contribution in [3.05, 3.63) is 23.0 Å². The average Bonchev–Trinajstić information content (AvgIpc) is 3.03. The highest BCUT2D eigenvalue weighted by Gasteiger charge is 2.33. The highest BCUT2D eigenvalue weighted by molar-refractivity contribution is 5.99. The number of ether oxygens (including phenoxy) is 1. The van der Waals surface area contributed by atoms with Crippen molar-refractivity contribution in [3.8, 4) is 0 Å². The summed E-state index contributed by atoms with van der Waals surface area (Å²) in [5, 5.41) is 2.45. The summed E-state index contributed by atoms with van der Waals surface area (Å²) in [5.74, 6) is -1.60. The number of aryl methyl sites for hydroxylation is 1. The molecule has 1 aromatic heterocycles. The standard InChI is InChI=1S/C15H18F3N3O4/c1-8-6-11(9(2)21(8)7-15(16,17)18)13(23)25-10(3)12(22)20-5-4-19-14(20)24/h6,10H,4-5,7H2,1-3H3,(H,19,24). The molecule has 1 atom stereocenters. The Morgan fingerprint density at radius 2 is 2.00 bits per heavy atom. The van der Waals surface area contributed by atoms with Crippen LogP contribution in [0, 0.1) is 13.8 Å². The highest BCUT2D eigenvalue weighted by atomic mass is 19.4. The van der Waals surface area contributed by atoms with Crippen molar-refractivity contribution in [2.75, 3.05) is 13.1 Å². The highest BCUT2D eigenvalue weighted by Crippen LogP contribution is 2.24. The predicted molar refractivity (Wildman–Crippen MR) is 80.0 cm³/mol. The number of urea groups is 1. The number of hydrogen-bond acceptors (Lipinski definition) is 4. The number of nitrogens with one attached hydrogen (secondary N) is 1. The van der Waals surface area contributed by atoms with Crippen molar-refractivity contribution in [1.82, 2.24) is 14.8 Å². The molecule has 0 radical (unpaired) electrons. The Morgan fingerprint density at radius 3 is 2.52 bits per heavy atom. The van der Waals surface area contributed by atoms with Crippen LogP contribution in [0.4, 0.5) is 18.0 Å². The summed E-state index contributed by atoms with van der Waals surface area (Å²) >= 11 is 0. The summed E-state index contributed by atoms with van der Waals surface area (Å²) in [4.78, 5) is 36.7. The van der Waals surface area contributed by atoms with E-state index < -0.39 is 36.7 Å². The van der Waals surface area contributed by atoms with Gasteiger partial charge in [0.05, 0.1) is 5.56 Å². The van der Waals surface area contributed by atoms with Crippen LogP contribution in [0.1, 0.15) is 28.7 Å². The van der Waals surface area contributed by atoms with Crippen LogP contribution in [0.3, 0.4) is 0 Å². The molecule has 2 rings (SSSR count). The zero-order valence-corrected chi connectivity index (χ0v) is 13.9. The Labute approximate surface area is 141 Å². The number of carbonyl (C=O) groups is 3. The summed E-state index contributed by atoms with van der Waals surface area (Å²) in [7, 11) is 0. The number of nitrogens with zero attached hydrogens (tertiary/aromatic N) is 2. The van der Waals surface area contributed by atoms with E-state index in [1.807, 2.05) is 0 Å². The quantitative estimate of drug-likeness (QED) is 0.829. The number of aromatic nitrogens is 1. The molecule has 1 aliphatic heterocycles. The van der Waals surface area contributed by atoms with Crippen molar-refractivity contribution in [3.63, 3.8) is 0 Å². The minimum Gasteiger partial charge on any atom is -0.449 e. The van der Waals surface area contributed by atoms with E-state index in [0.717, 1.165) is 9.47 Å². The van der Waals surface area contributed by atoms with Gasteiger partial charge in [-0.2, -0.15) is 13.2 Å². The van der Waals surface area contributed by atoms with E-state index in [-0.39, 0.29) is 23.5 Å². The summed E-state index contributed by atoms with van der Waals surface area (Å²) in [6.07, 6.45) is -5.66. The van der Waals surface area contributed by atoms with Gasteiger partial charge in [-0.15, -0.1) is 0 Å². The number of carbonyl (C=O) groups excluding carboxylic acids is 3. The van der Waals surface area contributed by atoms with E-state index in [0.29, 0.717) is 6.54 Å². The molecule has 0 saturated carbocycles. The molecular weight excluding hydrogens is 343 g/mol. The monoisotopic (exact) mass is 361 g/mol. The minimum absolute atomic E-state index is 0.0488. The van der Waals surface area contributed by atoms with Crippen LogP contribution in [-0.2, 0) is 16.1 Å². The van der Waals surface area contributed by atoms with Gasteiger partial charge in [-0.3, -0.25) is 9.69 Å². The number of hydrogen-bond donors (Lipinski definition) is 1. The number of rotatable bonds is 4. The molecule has 10 heteroatoms. The SMILES string of the molecule is Cc1cc(C(=O)OC(C)C(=O)N2CCNC2=O)c(C)n1CC(F)(F)F. The van der Waals surface area contributed by atoms with E-state index in [1.165, 1.54) is 26.8 Å². The number of alkyl halides is 3. The molecule has 3 amide bonds. The molecule has 1 fully saturated rings. The largest absolute Gasteiger partial charge is 0.449 e. The van der Waals surface area contributed by atoms with Gasteiger partial charge in [-0.25, -0.2) is 9.59 Å². The van der Waals surface area contributed by atoms with Crippen LogP contribution in [0.5, 0.6) is 0 Å². The maximum absolute atomic E-state index is 12.6. The zero-order valence-electron chi connectivity index (χ0n) is 13.9. The van der Waals surface area contributed by atoms with Gasteiger partial charge in [0.1, 0.15) is 6.54 Å². The number of imide groups is 1. The molecule has 1 aromatic rings. The number of esters is 1. The molecule has 7 nitrogen and oxygen atoms in total. The molecule has 0 aromatic carbocycles. The van der Waals surface area contributed by atoms with Gasteiger partial charge in [0.15, 0.2) is 6.10 Å². The molecule has 1 unspecified atom stereocenters. The van der Waals surface area contributed by atoms with E-state index >= 15 is 0 Å². The third-order valence-corrected chi connectivity index (χ3v) is 3.89. The van der Waals surface area contributed by atoms with Crippen molar-refractivity contribution in [2.24, 2.45) is 0 Å². The summed E-state index contributed by atoms with van der Waals surface area (Å²) in [5.41, 5.74) is 0.297. The Balaban J connectivity index is 2.12. The van der Waals surface area contributed by atoms with Crippen molar-refractivity contribution < 1.29 is 32.3 Å². The van der Waals surface area contributed by atoms with Gasteiger partial charge in [-0.05, 0) is 26.8 Å². The summed E-state index contributed by atoms with van der Waals surface area (Å²) in [6.45, 7) is 3.37. The molecule has 2 heterocycles. The molecule has 0 bridgehead atoms. The van der Waals surface area contributed by atoms with Crippen molar-refractivity contribution in [2.45, 2.75) is 39.6 Å². The van der Waals surface area contributed by atoms with Crippen LogP contribution in [0.25, 0.3) is 0 Å². The fourth-order valence-electron chi connectivity index (χ4n) is 2.61. The summed E-state index contributed by atoms with van der Waals surface area (Å²) < 4.78 is 43.8. The normalized spacial score (nSPS) is 15.9. The first-order valence-electron chi connectivity index (χ1n) is 7.55. The topological polar surface area (TPSA) is 80.6 Å². The van der Waals surface area contributed by atoms with Gasteiger partial charge in [0.25, 0.3) is 5.91 Å². The first kappa shape index (κ1) is 18.8. The van der Waals surface area contributed by atoms with Crippen molar-refractivity contribution in [1.29, 1.82) is 0 Å². The smallest absolute Gasteiger partial charge is 0.406 e. The van der Waals surface area contributed by atoms with Crippen LogP contribution in [-0.4, -0.2) is 52.7 Å². The van der Waals surface area contributed by atoms with Gasteiger partial charge < -0.3 is 14.6 Å². The van der Waals surface area contributed by atoms with Gasteiger partial charge in [0.2, 0.25) is 0 Å². The maximum atomic E-state index is 12.6. The molecule has 1 saturated heterocycles. The second-order valence-electron chi connectivity index (χ2n) is 5.76. The lowest BCUT2D eigenvalue weighted by Crippen LogP contribution is -2.41. The van der Waals surface area contributed by atoms with E-state index in [4.69, 9.17) is 4.74 Å². The fourth-order valence-corrected chi connectivity index (χ4v) is 2.61. The molecule has 1 aliphatic rings. The maximum Gasteiger partial charge on any atom is 0.406 e. The fraction of sp³-hybridized carbons (Fsp3) is 0.533. The van der Waals surface area contributed by atoms with Gasteiger partial charge in [-0.1, -0.05) is 0 Å². The second-order valence-corrected chi connectivity index (χ2v) is 5.76. The molecule has 25 heavy (non-hydrogen) atoms. The molecular formula is C15H18F3N3O4. The first-order chi connectivity index (χ1) is 11.5. The van der Waals surface area contributed by atoms with Gasteiger partial charge in [0, 0.05) is 24.5 Å². The third-order valence-electron chi connectivity index (χ3n) is 3.89. The van der Waals surface area contributed by atoms with Crippen LogP contribution in [0.15, 0.2) is 6.07 Å². The average molecular weight is 361 g/mol. The Hall–Kier alpha value is -2.52. The lowest BCUT2D eigenvalue weighted by molar-refractivity contribution is -0.141. The van der Waals surface area contributed by atoms with Crippen LogP contribution < -0.4 is 5.32 Å². The third kappa shape index (κ3) is 4.12. The lowest BCUT2D eigenvalue weighted by atomic mass is 10.2. The Morgan fingerprint density at radius 1 is 1.36 bits per heavy atom. The Bertz CT molecular complexity index is 712. The van der Waals surface area contributed by atoms with E-state index in [9.17, 15) is 27.6 Å². The molecule has 138 valence electrons. The second kappa shape index (κ2) is 6.77. The first-order valence-corrected chi connectivity index (χ1v) is 7.55. The zero-order chi connectivity index (χ0) is 18.9. The molecule has 0 aliphatic carbocycles. The van der Waals surface area contributed by atoms with E-state index in [2.05, 4.69) is 5.32 Å².